The minimum absolute atomic E-state index is 0.573. The van der Waals surface area contributed by atoms with Crippen LogP contribution in [-0.4, -0.2) is 50.8 Å². The van der Waals surface area contributed by atoms with Crippen molar-refractivity contribution in [1.82, 2.24) is 10.2 Å². The van der Waals surface area contributed by atoms with Crippen LogP contribution in [0.2, 0.25) is 0 Å². The summed E-state index contributed by atoms with van der Waals surface area (Å²) in [6, 6.07) is 0.573. The minimum atomic E-state index is 0.573. The van der Waals surface area contributed by atoms with E-state index in [0.717, 1.165) is 38.8 Å². The lowest BCUT2D eigenvalue weighted by Crippen LogP contribution is -2.38. The Labute approximate surface area is 94.2 Å². The molecule has 1 aliphatic carbocycles. The molecule has 0 aromatic rings. The molecule has 0 heterocycles. The fraction of sp³-hybridized carbons (Fsp3) is 1.00. The van der Waals surface area contributed by atoms with Crippen molar-refractivity contribution in [2.75, 3.05) is 39.9 Å². The molecular weight excluding hydrogens is 188 g/mol. The molecular formula is C12H26N2O. The zero-order valence-electron chi connectivity index (χ0n) is 10.5. The molecule has 0 spiro atoms. The smallest absolute Gasteiger partial charge is 0.0593 e. The van der Waals surface area contributed by atoms with Gasteiger partial charge in [-0.3, -0.25) is 0 Å². The van der Waals surface area contributed by atoms with Crippen molar-refractivity contribution in [2.24, 2.45) is 5.92 Å². The number of hydrogen-bond acceptors (Lipinski definition) is 3. The van der Waals surface area contributed by atoms with Gasteiger partial charge in [-0.05, 0) is 39.3 Å². The van der Waals surface area contributed by atoms with Crippen molar-refractivity contribution >= 4 is 0 Å². The minimum Gasteiger partial charge on any atom is -0.380 e. The predicted molar refractivity (Wildman–Crippen MR) is 64.2 cm³/mol. The van der Waals surface area contributed by atoms with Gasteiger partial charge in [0.05, 0.1) is 6.61 Å². The molecule has 1 saturated carbocycles. The lowest BCUT2D eigenvalue weighted by Gasteiger charge is -2.21. The standard InChI is InChI=1S/C12H26N2O/c1-4-13-11(2)9-14(3)7-8-15-10-12-5-6-12/h11-13H,4-10H2,1-3H3. The summed E-state index contributed by atoms with van der Waals surface area (Å²) in [5.41, 5.74) is 0. The molecule has 1 unspecified atom stereocenters. The largest absolute Gasteiger partial charge is 0.380 e. The van der Waals surface area contributed by atoms with E-state index in [9.17, 15) is 0 Å². The SMILES string of the molecule is CCNC(C)CN(C)CCOCC1CC1. The molecule has 0 saturated heterocycles. The summed E-state index contributed by atoms with van der Waals surface area (Å²) in [5, 5.41) is 3.41. The van der Waals surface area contributed by atoms with Crippen LogP contribution in [0.5, 0.6) is 0 Å². The maximum absolute atomic E-state index is 5.61. The normalized spacial score (nSPS) is 18.4. The molecule has 0 aromatic carbocycles. The quantitative estimate of drug-likeness (QED) is 0.586. The topological polar surface area (TPSA) is 24.5 Å². The molecule has 0 radical (unpaired) electrons. The Morgan fingerprint density at radius 1 is 1.47 bits per heavy atom. The Morgan fingerprint density at radius 3 is 2.80 bits per heavy atom. The van der Waals surface area contributed by atoms with Crippen LogP contribution in [0.4, 0.5) is 0 Å². The van der Waals surface area contributed by atoms with Gasteiger partial charge in [-0.2, -0.15) is 0 Å². The van der Waals surface area contributed by atoms with Crippen LogP contribution >= 0.6 is 0 Å². The number of nitrogens with one attached hydrogen (secondary N) is 1. The van der Waals surface area contributed by atoms with Crippen LogP contribution in [0.25, 0.3) is 0 Å². The monoisotopic (exact) mass is 214 g/mol. The second kappa shape index (κ2) is 7.20. The second-order valence-corrected chi connectivity index (χ2v) is 4.74. The van der Waals surface area contributed by atoms with Crippen LogP contribution in [-0.2, 0) is 4.74 Å². The molecule has 0 bridgehead atoms. The average molecular weight is 214 g/mol. The number of nitrogens with zero attached hydrogens (tertiary/aromatic N) is 1. The van der Waals surface area contributed by atoms with E-state index < -0.39 is 0 Å². The van der Waals surface area contributed by atoms with Crippen molar-refractivity contribution in [2.45, 2.75) is 32.7 Å². The maximum Gasteiger partial charge on any atom is 0.0593 e. The fourth-order valence-corrected chi connectivity index (χ4v) is 1.73. The van der Waals surface area contributed by atoms with Crippen molar-refractivity contribution in [3.05, 3.63) is 0 Å². The molecule has 0 amide bonds. The van der Waals surface area contributed by atoms with Crippen molar-refractivity contribution in [1.29, 1.82) is 0 Å². The molecule has 1 N–H and O–H groups in total. The van der Waals surface area contributed by atoms with E-state index in [1.807, 2.05) is 0 Å². The summed E-state index contributed by atoms with van der Waals surface area (Å²) in [5.74, 6) is 0.885. The van der Waals surface area contributed by atoms with E-state index in [-0.39, 0.29) is 0 Å². The zero-order chi connectivity index (χ0) is 11.1. The van der Waals surface area contributed by atoms with Crippen LogP contribution in [0.3, 0.4) is 0 Å². The van der Waals surface area contributed by atoms with Gasteiger partial charge in [-0.1, -0.05) is 6.92 Å². The van der Waals surface area contributed by atoms with Gasteiger partial charge in [0.15, 0.2) is 0 Å². The van der Waals surface area contributed by atoms with Crippen molar-refractivity contribution in [3.63, 3.8) is 0 Å². The summed E-state index contributed by atoms with van der Waals surface area (Å²) >= 11 is 0. The Kier molecular flexibility index (Phi) is 6.22. The molecule has 15 heavy (non-hydrogen) atoms. The summed E-state index contributed by atoms with van der Waals surface area (Å²) in [6.45, 7) is 9.43. The molecule has 0 aromatic heterocycles. The van der Waals surface area contributed by atoms with E-state index in [1.165, 1.54) is 12.8 Å². The number of rotatable bonds is 9. The summed E-state index contributed by atoms with van der Waals surface area (Å²) in [4.78, 5) is 2.33. The summed E-state index contributed by atoms with van der Waals surface area (Å²) in [6.07, 6.45) is 2.76. The van der Waals surface area contributed by atoms with Gasteiger partial charge in [-0.25, -0.2) is 0 Å². The predicted octanol–water partition coefficient (Wildman–Crippen LogP) is 1.34. The van der Waals surface area contributed by atoms with Gasteiger partial charge in [0, 0.05) is 25.7 Å². The third-order valence-electron chi connectivity index (χ3n) is 2.81. The molecule has 90 valence electrons. The van der Waals surface area contributed by atoms with Crippen molar-refractivity contribution in [3.8, 4) is 0 Å². The van der Waals surface area contributed by atoms with Gasteiger partial charge in [-0.15, -0.1) is 0 Å². The van der Waals surface area contributed by atoms with Crippen LogP contribution in [0.15, 0.2) is 0 Å². The molecule has 1 rings (SSSR count). The third-order valence-corrected chi connectivity index (χ3v) is 2.81. The van der Waals surface area contributed by atoms with Crippen molar-refractivity contribution < 1.29 is 4.74 Å². The Hall–Kier alpha value is -0.120. The first-order valence-corrected chi connectivity index (χ1v) is 6.22. The first-order chi connectivity index (χ1) is 7.22. The van der Waals surface area contributed by atoms with Crippen LogP contribution < -0.4 is 5.32 Å². The summed E-state index contributed by atoms with van der Waals surface area (Å²) in [7, 11) is 2.16. The molecule has 3 heteroatoms. The lowest BCUT2D eigenvalue weighted by molar-refractivity contribution is 0.101. The fourth-order valence-electron chi connectivity index (χ4n) is 1.73. The first kappa shape index (κ1) is 12.9. The Bertz CT molecular complexity index is 160. The molecule has 0 aliphatic heterocycles. The maximum atomic E-state index is 5.61. The summed E-state index contributed by atoms with van der Waals surface area (Å²) < 4.78 is 5.61. The number of likely N-dealkylation sites (N-methyl/N-ethyl adjacent to an activating group) is 2. The molecule has 1 aliphatic rings. The zero-order valence-corrected chi connectivity index (χ0v) is 10.5. The number of ether oxygens (including phenoxy) is 1. The molecule has 3 nitrogen and oxygen atoms in total. The molecule has 1 atom stereocenters. The van der Waals surface area contributed by atoms with Gasteiger partial charge in [0.25, 0.3) is 0 Å². The molecule has 1 fully saturated rings. The van der Waals surface area contributed by atoms with Crippen LogP contribution in [0.1, 0.15) is 26.7 Å². The Morgan fingerprint density at radius 2 is 2.20 bits per heavy atom. The van der Waals surface area contributed by atoms with E-state index >= 15 is 0 Å². The highest BCUT2D eigenvalue weighted by molar-refractivity contribution is 4.72. The van der Waals surface area contributed by atoms with E-state index in [2.05, 4.69) is 31.1 Å². The first-order valence-electron chi connectivity index (χ1n) is 6.22. The van der Waals surface area contributed by atoms with Crippen LogP contribution in [0, 0.1) is 5.92 Å². The highest BCUT2D eigenvalue weighted by atomic mass is 16.5. The Balaban J connectivity index is 1.89. The van der Waals surface area contributed by atoms with Gasteiger partial charge in [0.1, 0.15) is 0 Å². The highest BCUT2D eigenvalue weighted by Crippen LogP contribution is 2.28. The number of hydrogen-bond donors (Lipinski definition) is 1. The highest BCUT2D eigenvalue weighted by Gasteiger charge is 2.20. The van der Waals surface area contributed by atoms with E-state index in [0.29, 0.717) is 6.04 Å². The van der Waals surface area contributed by atoms with E-state index in [1.54, 1.807) is 0 Å². The van der Waals surface area contributed by atoms with Gasteiger partial charge < -0.3 is 15.0 Å². The average Bonchev–Trinajstić information content (AvgIpc) is 2.96. The third kappa shape index (κ3) is 6.88. The lowest BCUT2D eigenvalue weighted by atomic mass is 10.3. The van der Waals surface area contributed by atoms with Gasteiger partial charge in [0.2, 0.25) is 0 Å². The van der Waals surface area contributed by atoms with E-state index in [4.69, 9.17) is 4.74 Å². The van der Waals surface area contributed by atoms with Gasteiger partial charge >= 0.3 is 0 Å². The second-order valence-electron chi connectivity index (χ2n) is 4.74.